The molecule has 2 aromatic rings. The second-order valence-corrected chi connectivity index (χ2v) is 2.23. The molecule has 0 fully saturated rings. The Morgan fingerprint density at radius 2 is 1.50 bits per heavy atom. The van der Waals surface area contributed by atoms with Crippen LogP contribution in [0.15, 0.2) is 55.1 Å². The number of aliphatic hydroxyl groups excluding tert-OH is 1. The molecule has 0 bridgehead atoms. The van der Waals surface area contributed by atoms with Crippen LogP contribution in [0.25, 0.3) is 0 Å². The zero-order valence-electron chi connectivity index (χ0n) is 8.30. The zero-order chi connectivity index (χ0) is 10.5. The molecule has 0 aliphatic carbocycles. The van der Waals surface area contributed by atoms with Crippen molar-refractivity contribution < 1.29 is 5.11 Å². The summed E-state index contributed by atoms with van der Waals surface area (Å²) in [5, 5.41) is 7.57. The fourth-order valence-corrected chi connectivity index (χ4v) is 0.590. The second-order valence-electron chi connectivity index (χ2n) is 2.23. The summed E-state index contributed by atoms with van der Waals surface area (Å²) >= 11 is 0. The van der Waals surface area contributed by atoms with E-state index in [1.54, 1.807) is 19.3 Å². The van der Waals surface area contributed by atoms with E-state index in [0.29, 0.717) is 0 Å². The number of nitrogens with zero attached hydrogens (tertiary/aromatic N) is 1. The molecule has 3 heteroatoms. The number of H-pyrrole nitrogens is 1. The molecule has 0 aliphatic heterocycles. The summed E-state index contributed by atoms with van der Waals surface area (Å²) in [5.74, 6) is 0. The molecule has 76 valence electrons. The number of aromatic nitrogens is 2. The third-order valence-corrected chi connectivity index (χ3v) is 1.06. The maximum atomic E-state index is 7.57. The molecule has 2 N–H and O–H groups in total. The van der Waals surface area contributed by atoms with E-state index in [2.05, 4.69) is 9.97 Å². The van der Waals surface area contributed by atoms with Crippen molar-refractivity contribution in [3.8, 4) is 0 Å². The minimum absolute atomic E-state index is 0.250. The Morgan fingerprint density at radius 1 is 1.00 bits per heavy atom. The fourth-order valence-electron chi connectivity index (χ4n) is 0.590. The number of aromatic amines is 1. The molecule has 3 nitrogen and oxygen atoms in total. The highest BCUT2D eigenvalue weighted by Crippen LogP contribution is 1.73. The first kappa shape index (κ1) is 12.4. The minimum atomic E-state index is 0.250. The molecule has 0 saturated heterocycles. The Bertz CT molecular complexity index is 212. The molecule has 0 aromatic carbocycles. The summed E-state index contributed by atoms with van der Waals surface area (Å²) in [4.78, 5) is 6.65. The molecular formula is C11H16N2O. The van der Waals surface area contributed by atoms with Crippen molar-refractivity contribution in [1.29, 1.82) is 0 Å². The van der Waals surface area contributed by atoms with E-state index >= 15 is 0 Å². The average molecular weight is 192 g/mol. The van der Waals surface area contributed by atoms with Gasteiger partial charge in [0.1, 0.15) is 0 Å². The predicted octanol–water partition coefficient (Wildman–Crippen LogP) is 2.09. The summed E-state index contributed by atoms with van der Waals surface area (Å²) in [6, 6.07) is 9.60. The normalized spacial score (nSPS) is 7.57. The first-order chi connectivity index (χ1) is 6.91. The first-order valence-electron chi connectivity index (χ1n) is 4.45. The van der Waals surface area contributed by atoms with Crippen LogP contribution >= 0.6 is 0 Å². The van der Waals surface area contributed by atoms with E-state index in [4.69, 9.17) is 5.11 Å². The lowest BCUT2D eigenvalue weighted by atomic mass is 10.5. The van der Waals surface area contributed by atoms with Gasteiger partial charge in [-0.2, -0.15) is 0 Å². The van der Waals surface area contributed by atoms with Crippen molar-refractivity contribution in [3.63, 3.8) is 0 Å². The lowest BCUT2D eigenvalue weighted by molar-refractivity contribution is 0.318. The van der Waals surface area contributed by atoms with Gasteiger partial charge in [-0.3, -0.25) is 4.98 Å². The van der Waals surface area contributed by atoms with Crippen molar-refractivity contribution in [1.82, 2.24) is 9.97 Å². The van der Waals surface area contributed by atoms with Gasteiger partial charge in [-0.25, -0.2) is 0 Å². The van der Waals surface area contributed by atoms with Crippen LogP contribution in [0.4, 0.5) is 0 Å². The van der Waals surface area contributed by atoms with Crippen molar-refractivity contribution >= 4 is 0 Å². The van der Waals surface area contributed by atoms with Gasteiger partial charge in [-0.05, 0) is 31.2 Å². The highest BCUT2D eigenvalue weighted by Gasteiger charge is 1.58. The van der Waals surface area contributed by atoms with Crippen LogP contribution in [0.5, 0.6) is 0 Å². The summed E-state index contributed by atoms with van der Waals surface area (Å²) < 4.78 is 0. The smallest absolute Gasteiger partial charge is 0.0402 e. The standard InChI is InChI=1S/C5H5N.C4H5N.C2H6O/c1-2-4-6-5-3-1;1-2-4-5-3-1;1-2-3/h1-5H;1-5H;3H,2H2,1H3. The Kier molecular flexibility index (Phi) is 10.1. The van der Waals surface area contributed by atoms with Gasteiger partial charge in [0.05, 0.1) is 0 Å². The molecule has 0 amide bonds. The van der Waals surface area contributed by atoms with Crippen LogP contribution in [0, 0.1) is 0 Å². The number of aliphatic hydroxyl groups is 1. The average Bonchev–Trinajstić information content (AvgIpc) is 2.80. The Morgan fingerprint density at radius 3 is 1.64 bits per heavy atom. The van der Waals surface area contributed by atoms with Gasteiger partial charge in [0.15, 0.2) is 0 Å². The fraction of sp³-hybridized carbons (Fsp3) is 0.182. The summed E-state index contributed by atoms with van der Waals surface area (Å²) in [6.45, 7) is 1.93. The molecule has 2 heterocycles. The third kappa shape index (κ3) is 10.4. The van der Waals surface area contributed by atoms with Crippen LogP contribution in [0.1, 0.15) is 6.92 Å². The molecule has 14 heavy (non-hydrogen) atoms. The first-order valence-corrected chi connectivity index (χ1v) is 4.45. The Labute approximate surface area is 84.5 Å². The van der Waals surface area contributed by atoms with Crippen LogP contribution in [0.2, 0.25) is 0 Å². The number of hydrogen-bond acceptors (Lipinski definition) is 2. The summed E-state index contributed by atoms with van der Waals surface area (Å²) in [6.07, 6.45) is 7.25. The topological polar surface area (TPSA) is 48.9 Å². The van der Waals surface area contributed by atoms with E-state index in [9.17, 15) is 0 Å². The molecule has 0 spiro atoms. The summed E-state index contributed by atoms with van der Waals surface area (Å²) in [5.41, 5.74) is 0. The molecule has 0 atom stereocenters. The largest absolute Gasteiger partial charge is 0.397 e. The Hall–Kier alpha value is -1.61. The quantitative estimate of drug-likeness (QED) is 0.671. The number of rotatable bonds is 0. The van der Waals surface area contributed by atoms with Gasteiger partial charge >= 0.3 is 0 Å². The van der Waals surface area contributed by atoms with Gasteiger partial charge in [0.2, 0.25) is 0 Å². The molecular weight excluding hydrogens is 176 g/mol. The van der Waals surface area contributed by atoms with E-state index in [1.165, 1.54) is 0 Å². The van der Waals surface area contributed by atoms with Crippen molar-refractivity contribution in [2.24, 2.45) is 0 Å². The van der Waals surface area contributed by atoms with Crippen LogP contribution in [-0.2, 0) is 0 Å². The molecule has 0 unspecified atom stereocenters. The molecule has 0 saturated carbocycles. The van der Waals surface area contributed by atoms with E-state index in [-0.39, 0.29) is 6.61 Å². The van der Waals surface area contributed by atoms with E-state index < -0.39 is 0 Å². The van der Waals surface area contributed by atoms with Crippen molar-refractivity contribution in [2.75, 3.05) is 6.61 Å². The number of nitrogens with one attached hydrogen (secondary N) is 1. The number of hydrogen-bond donors (Lipinski definition) is 2. The maximum absolute atomic E-state index is 7.57. The number of pyridine rings is 1. The van der Waals surface area contributed by atoms with Crippen LogP contribution in [0.3, 0.4) is 0 Å². The lowest BCUT2D eigenvalue weighted by Gasteiger charge is -1.70. The monoisotopic (exact) mass is 192 g/mol. The van der Waals surface area contributed by atoms with Crippen molar-refractivity contribution in [2.45, 2.75) is 6.92 Å². The summed E-state index contributed by atoms with van der Waals surface area (Å²) in [7, 11) is 0. The van der Waals surface area contributed by atoms with Crippen molar-refractivity contribution in [3.05, 3.63) is 55.1 Å². The van der Waals surface area contributed by atoms with Gasteiger partial charge in [-0.1, -0.05) is 6.07 Å². The van der Waals surface area contributed by atoms with E-state index in [0.717, 1.165) is 0 Å². The Balaban J connectivity index is 0.000000193. The molecule has 2 rings (SSSR count). The van der Waals surface area contributed by atoms with E-state index in [1.807, 2.05) is 42.7 Å². The molecule has 2 aromatic heterocycles. The zero-order valence-corrected chi connectivity index (χ0v) is 8.30. The van der Waals surface area contributed by atoms with Crippen LogP contribution in [-0.4, -0.2) is 21.7 Å². The third-order valence-electron chi connectivity index (χ3n) is 1.06. The highest BCUT2D eigenvalue weighted by atomic mass is 16.2. The van der Waals surface area contributed by atoms with Gasteiger partial charge in [0.25, 0.3) is 0 Å². The molecule has 0 radical (unpaired) electrons. The molecule has 0 aliphatic rings. The van der Waals surface area contributed by atoms with Gasteiger partial charge < -0.3 is 10.1 Å². The van der Waals surface area contributed by atoms with Gasteiger partial charge in [-0.15, -0.1) is 0 Å². The SMILES string of the molecule is CCO.c1cc[nH]c1.c1ccncc1. The second kappa shape index (κ2) is 11.4. The lowest BCUT2D eigenvalue weighted by Crippen LogP contribution is -1.58. The van der Waals surface area contributed by atoms with Crippen LogP contribution < -0.4 is 0 Å². The highest BCUT2D eigenvalue weighted by molar-refractivity contribution is 4.88. The maximum Gasteiger partial charge on any atom is 0.0402 e. The minimum Gasteiger partial charge on any atom is -0.397 e. The van der Waals surface area contributed by atoms with Gasteiger partial charge in [0, 0.05) is 31.4 Å². The predicted molar refractivity (Wildman–Crippen MR) is 57.8 cm³/mol.